The molecule has 5 rings (SSSR count). The van der Waals surface area contributed by atoms with Gasteiger partial charge in [-0.2, -0.15) is 18.2 Å². The molecule has 0 fully saturated rings. The van der Waals surface area contributed by atoms with Gasteiger partial charge in [0.05, 0.1) is 17.9 Å². The van der Waals surface area contributed by atoms with Crippen LogP contribution in [0.3, 0.4) is 0 Å². The number of alkyl halides is 3. The van der Waals surface area contributed by atoms with Gasteiger partial charge in [0, 0.05) is 29.8 Å². The Morgan fingerprint density at radius 1 is 0.958 bits per heavy atom. The van der Waals surface area contributed by atoms with Crippen LogP contribution < -0.4 is 20.6 Å². The molecule has 1 aromatic heterocycles. The van der Waals surface area contributed by atoms with Crippen molar-refractivity contribution >= 4 is 41.0 Å². The monoisotopic (exact) mass is 673 g/mol. The van der Waals surface area contributed by atoms with E-state index >= 15 is 0 Å². The van der Waals surface area contributed by atoms with E-state index in [1.165, 1.54) is 24.3 Å². The van der Waals surface area contributed by atoms with E-state index in [1.807, 2.05) is 19.0 Å². The molecule has 0 atom stereocenters. The summed E-state index contributed by atoms with van der Waals surface area (Å²) in [5.74, 6) is -6.81. The van der Waals surface area contributed by atoms with Crippen molar-refractivity contribution in [2.45, 2.75) is 12.7 Å². The van der Waals surface area contributed by atoms with Crippen molar-refractivity contribution in [2.75, 3.05) is 42.5 Å². The highest BCUT2D eigenvalue weighted by atomic mass is 19.4. The van der Waals surface area contributed by atoms with Gasteiger partial charge in [-0.05, 0) is 62.6 Å². The zero-order chi connectivity index (χ0) is 34.7. The van der Waals surface area contributed by atoms with Crippen LogP contribution in [0.5, 0.6) is 0 Å². The molecule has 250 valence electrons. The molecule has 3 amide bonds. The van der Waals surface area contributed by atoms with E-state index in [-0.39, 0.29) is 45.9 Å². The first-order valence-electron chi connectivity index (χ1n) is 14.1. The minimum Gasteiger partial charge on any atom is -0.353 e. The van der Waals surface area contributed by atoms with Gasteiger partial charge >= 0.3 is 18.2 Å². The molecule has 17 heteroatoms. The van der Waals surface area contributed by atoms with Gasteiger partial charge in [-0.15, -0.1) is 5.06 Å². The number of hydrogen-bond donors (Lipinski definition) is 2. The zero-order valence-corrected chi connectivity index (χ0v) is 25.1. The second kappa shape index (κ2) is 13.6. The number of hydrogen-bond acceptors (Lipinski definition) is 8. The van der Waals surface area contributed by atoms with E-state index in [0.717, 1.165) is 47.4 Å². The summed E-state index contributed by atoms with van der Waals surface area (Å²) in [7, 11) is 3.66. The fourth-order valence-corrected chi connectivity index (χ4v) is 4.59. The van der Waals surface area contributed by atoms with Crippen LogP contribution in [0.15, 0.2) is 66.7 Å². The zero-order valence-electron chi connectivity index (χ0n) is 25.1. The van der Waals surface area contributed by atoms with Gasteiger partial charge in [0.15, 0.2) is 5.82 Å². The largest absolute Gasteiger partial charge is 0.493 e. The number of carbonyl (C=O) groups is 3. The average Bonchev–Trinajstić information content (AvgIpc) is 3.03. The number of anilines is 4. The van der Waals surface area contributed by atoms with Crippen LogP contribution in [0.25, 0.3) is 11.3 Å². The van der Waals surface area contributed by atoms with Crippen molar-refractivity contribution in [1.29, 1.82) is 0 Å². The van der Waals surface area contributed by atoms with Gasteiger partial charge < -0.3 is 20.4 Å². The fraction of sp³-hybridized carbons (Fsp3) is 0.194. The van der Waals surface area contributed by atoms with Crippen LogP contribution in [-0.4, -0.2) is 66.1 Å². The molecule has 0 saturated heterocycles. The Morgan fingerprint density at radius 3 is 2.21 bits per heavy atom. The molecule has 48 heavy (non-hydrogen) atoms. The number of benzene rings is 3. The second-order valence-electron chi connectivity index (χ2n) is 10.5. The number of nitrogens with zero attached hydrogens (tertiary/aromatic N) is 5. The van der Waals surface area contributed by atoms with Crippen LogP contribution in [0.1, 0.15) is 15.9 Å². The third-order valence-corrected chi connectivity index (χ3v) is 6.88. The van der Waals surface area contributed by atoms with Crippen LogP contribution in [0, 0.1) is 17.5 Å². The summed E-state index contributed by atoms with van der Waals surface area (Å²) in [5, 5.41) is 5.64. The highest BCUT2D eigenvalue weighted by molar-refractivity contribution is 6.06. The van der Waals surface area contributed by atoms with Gasteiger partial charge in [-0.1, -0.05) is 18.2 Å². The molecule has 2 heterocycles. The van der Waals surface area contributed by atoms with Crippen molar-refractivity contribution in [3.63, 3.8) is 0 Å². The van der Waals surface area contributed by atoms with E-state index in [9.17, 15) is 40.7 Å². The first kappa shape index (κ1) is 33.6. The van der Waals surface area contributed by atoms with Crippen molar-refractivity contribution in [3.8, 4) is 11.3 Å². The van der Waals surface area contributed by atoms with Crippen molar-refractivity contribution in [2.24, 2.45) is 0 Å². The number of carbonyl (C=O) groups excluding carboxylic acids is 3. The maximum Gasteiger partial charge on any atom is 0.493 e. The van der Waals surface area contributed by atoms with Crippen LogP contribution >= 0.6 is 0 Å². The maximum absolute atomic E-state index is 14.9. The summed E-state index contributed by atoms with van der Waals surface area (Å²) >= 11 is 0. The maximum atomic E-state index is 14.9. The van der Waals surface area contributed by atoms with E-state index in [0.29, 0.717) is 18.7 Å². The number of fused-ring (bicyclic) bond motifs is 1. The minimum atomic E-state index is -5.44. The molecule has 0 saturated carbocycles. The Hall–Kier alpha value is -5.71. The number of hydroxylamine groups is 1. The van der Waals surface area contributed by atoms with Gasteiger partial charge in [-0.25, -0.2) is 32.6 Å². The highest BCUT2D eigenvalue weighted by Gasteiger charge is 2.44. The molecule has 3 aromatic carbocycles. The molecule has 0 unspecified atom stereocenters. The summed E-state index contributed by atoms with van der Waals surface area (Å²) in [6, 6.07) is 11.0. The third kappa shape index (κ3) is 7.15. The Balaban J connectivity index is 1.56. The summed E-state index contributed by atoms with van der Waals surface area (Å²) in [4.78, 5) is 53.9. The number of amides is 3. The fourth-order valence-electron chi connectivity index (χ4n) is 4.59. The second-order valence-corrected chi connectivity index (χ2v) is 10.5. The molecular formula is C31H25F6N7O4. The lowest BCUT2D eigenvalue weighted by atomic mass is 10.0. The Morgan fingerprint density at radius 2 is 1.60 bits per heavy atom. The number of likely N-dealkylation sites (N-methyl/N-ethyl adjacent to an activating group) is 1. The lowest BCUT2D eigenvalue weighted by Gasteiger charge is -2.30. The number of para-hydroxylation sites is 1. The highest BCUT2D eigenvalue weighted by Crippen LogP contribution is 2.38. The van der Waals surface area contributed by atoms with E-state index < -0.39 is 47.2 Å². The lowest BCUT2D eigenvalue weighted by molar-refractivity contribution is -0.199. The summed E-state index contributed by atoms with van der Waals surface area (Å²) < 4.78 is 82.4. The predicted molar refractivity (Wildman–Crippen MR) is 161 cm³/mol. The van der Waals surface area contributed by atoms with Crippen LogP contribution in [0.4, 0.5) is 54.3 Å². The number of rotatable bonds is 8. The van der Waals surface area contributed by atoms with E-state index in [1.54, 1.807) is 0 Å². The SMILES string of the molecule is CN(C)CCNc1nc(-c2ccc(C(=O)N(OC(=O)C(F)(F)F)c3ccc(F)cc3)cc2)c2c(n1)N(c1c(F)cccc1F)C(=O)NC2. The predicted octanol–water partition coefficient (Wildman–Crippen LogP) is 5.56. The molecule has 0 aliphatic carbocycles. The van der Waals surface area contributed by atoms with Gasteiger partial charge in [-0.3, -0.25) is 4.79 Å². The number of nitrogens with one attached hydrogen (secondary N) is 2. The molecular weight excluding hydrogens is 648 g/mol. The first-order chi connectivity index (χ1) is 22.7. The molecule has 1 aliphatic rings. The molecule has 0 bridgehead atoms. The summed E-state index contributed by atoms with van der Waals surface area (Å²) in [6.45, 7) is 0.734. The average molecular weight is 674 g/mol. The molecule has 11 nitrogen and oxygen atoms in total. The number of aromatic nitrogens is 2. The van der Waals surface area contributed by atoms with Gasteiger partial charge in [0.25, 0.3) is 5.91 Å². The van der Waals surface area contributed by atoms with E-state index in [2.05, 4.69) is 25.4 Å². The molecule has 2 N–H and O–H groups in total. The van der Waals surface area contributed by atoms with Crippen molar-refractivity contribution in [1.82, 2.24) is 20.2 Å². The molecule has 0 spiro atoms. The normalized spacial score (nSPS) is 12.8. The Labute approximate surface area is 268 Å². The van der Waals surface area contributed by atoms with Gasteiger partial charge in [0.1, 0.15) is 23.1 Å². The molecule has 0 radical (unpaired) electrons. The van der Waals surface area contributed by atoms with Crippen LogP contribution in [0.2, 0.25) is 0 Å². The van der Waals surface area contributed by atoms with Gasteiger partial charge in [0.2, 0.25) is 5.95 Å². The molecule has 1 aliphatic heterocycles. The smallest absolute Gasteiger partial charge is 0.353 e. The standard InChI is InChI=1S/C31H25F6N7O4/c1-42(2)15-14-38-29-40-24(21-16-39-30(47)43(26(21)41-29)25-22(33)4-3-5-23(25)34)17-6-8-18(9-7-17)27(45)44(48-28(46)31(35,36)37)20-12-10-19(32)11-13-20/h3-13H,14-16H2,1-2H3,(H,39,47)(H,38,40,41). The lowest BCUT2D eigenvalue weighted by Crippen LogP contribution is -2.43. The molecule has 4 aromatic rings. The Bertz CT molecular complexity index is 1830. The Kier molecular flexibility index (Phi) is 9.51. The third-order valence-electron chi connectivity index (χ3n) is 6.88. The number of halogens is 6. The topological polar surface area (TPSA) is 120 Å². The summed E-state index contributed by atoms with van der Waals surface area (Å²) in [6.07, 6.45) is -5.44. The van der Waals surface area contributed by atoms with Crippen molar-refractivity contribution < 1.29 is 45.6 Å². The van der Waals surface area contributed by atoms with Crippen LogP contribution in [-0.2, 0) is 16.2 Å². The quantitative estimate of drug-likeness (QED) is 0.184. The summed E-state index contributed by atoms with van der Waals surface area (Å²) in [5.41, 5.74) is -0.526. The number of urea groups is 1. The van der Waals surface area contributed by atoms with E-state index in [4.69, 9.17) is 0 Å². The van der Waals surface area contributed by atoms with Crippen molar-refractivity contribution in [3.05, 3.63) is 95.3 Å². The first-order valence-corrected chi connectivity index (χ1v) is 14.1. The minimum absolute atomic E-state index is 0.00347.